The van der Waals surface area contributed by atoms with Crippen LogP contribution in [0, 0.1) is 0 Å². The van der Waals surface area contributed by atoms with Crippen molar-refractivity contribution in [2.75, 3.05) is 31.3 Å². The van der Waals surface area contributed by atoms with Gasteiger partial charge in [-0.25, -0.2) is 23.2 Å². The summed E-state index contributed by atoms with van der Waals surface area (Å²) in [5.74, 6) is 0.0439. The van der Waals surface area contributed by atoms with Gasteiger partial charge in [0.2, 0.25) is 5.91 Å². The summed E-state index contributed by atoms with van der Waals surface area (Å²) in [6.45, 7) is 3.19. The zero-order valence-electron chi connectivity index (χ0n) is 19.8. The molecule has 0 atom stereocenters. The van der Waals surface area contributed by atoms with Crippen molar-refractivity contribution >= 4 is 38.5 Å². The molecule has 0 aromatic carbocycles. The van der Waals surface area contributed by atoms with E-state index in [-0.39, 0.29) is 23.0 Å². The van der Waals surface area contributed by atoms with Gasteiger partial charge in [0.1, 0.15) is 5.52 Å². The van der Waals surface area contributed by atoms with Crippen LogP contribution in [0.1, 0.15) is 25.3 Å². The number of urea groups is 1. The number of carbonyl (C=O) groups is 2. The van der Waals surface area contributed by atoms with Gasteiger partial charge in [0.15, 0.2) is 14.9 Å². The van der Waals surface area contributed by atoms with E-state index in [0.29, 0.717) is 54.8 Å². The summed E-state index contributed by atoms with van der Waals surface area (Å²) in [4.78, 5) is 44.0. The third-order valence-corrected chi connectivity index (χ3v) is 7.63. The molecule has 0 unspecified atom stereocenters. The second-order valence-corrected chi connectivity index (χ2v) is 11.1. The van der Waals surface area contributed by atoms with Crippen molar-refractivity contribution < 1.29 is 18.0 Å². The van der Waals surface area contributed by atoms with E-state index in [0.717, 1.165) is 17.5 Å². The number of sulfone groups is 1. The van der Waals surface area contributed by atoms with E-state index in [1.54, 1.807) is 31.1 Å². The Hall–Kier alpha value is -3.60. The monoisotopic (exact) mass is 494 g/mol. The highest BCUT2D eigenvalue weighted by molar-refractivity contribution is 7.90. The quantitative estimate of drug-likeness (QED) is 0.549. The Morgan fingerprint density at radius 3 is 2.43 bits per heavy atom. The van der Waals surface area contributed by atoms with Crippen molar-refractivity contribution in [1.82, 2.24) is 24.8 Å². The van der Waals surface area contributed by atoms with Gasteiger partial charge in [0.25, 0.3) is 0 Å². The number of anilines is 1. The number of rotatable bonds is 3. The van der Waals surface area contributed by atoms with Crippen molar-refractivity contribution in [3.05, 3.63) is 42.2 Å². The van der Waals surface area contributed by atoms with Gasteiger partial charge in [0.05, 0.1) is 23.4 Å². The maximum Gasteiger partial charge on any atom is 0.324 e. The van der Waals surface area contributed by atoms with Crippen LogP contribution in [0.4, 0.5) is 10.5 Å². The predicted molar refractivity (Wildman–Crippen MR) is 130 cm³/mol. The van der Waals surface area contributed by atoms with Gasteiger partial charge >= 0.3 is 6.03 Å². The van der Waals surface area contributed by atoms with Gasteiger partial charge in [0, 0.05) is 62.9 Å². The summed E-state index contributed by atoms with van der Waals surface area (Å²) in [5, 5.41) is -0.00204. The van der Waals surface area contributed by atoms with Crippen LogP contribution >= 0.6 is 0 Å². The van der Waals surface area contributed by atoms with Crippen LogP contribution in [0.3, 0.4) is 0 Å². The number of likely N-dealkylation sites (tertiary alicyclic amines) is 1. The molecule has 2 aliphatic heterocycles. The minimum atomic E-state index is -3.40. The largest absolute Gasteiger partial charge is 0.343 e. The Bertz CT molecular complexity index is 1430. The smallest absolute Gasteiger partial charge is 0.324 e. The number of nitrogens with zero attached hydrogens (tertiary/aromatic N) is 6. The first-order chi connectivity index (χ1) is 16.6. The second-order valence-electron chi connectivity index (χ2n) is 9.10. The van der Waals surface area contributed by atoms with Gasteiger partial charge in [-0.3, -0.25) is 14.7 Å². The van der Waals surface area contributed by atoms with Gasteiger partial charge in [-0.05, 0) is 37.1 Å². The van der Waals surface area contributed by atoms with Crippen LogP contribution in [-0.4, -0.2) is 77.5 Å². The third kappa shape index (κ3) is 4.20. The maximum atomic E-state index is 13.4. The van der Waals surface area contributed by atoms with Crippen molar-refractivity contribution in [2.45, 2.75) is 37.4 Å². The molecule has 10 nitrogen and oxygen atoms in total. The lowest BCUT2D eigenvalue weighted by molar-refractivity contribution is -0.129. The molecule has 5 heterocycles. The molecule has 3 aromatic rings. The molecule has 11 heteroatoms. The zero-order chi connectivity index (χ0) is 24.9. The van der Waals surface area contributed by atoms with E-state index in [1.807, 2.05) is 21.9 Å². The first-order valence-corrected chi connectivity index (χ1v) is 13.3. The second kappa shape index (κ2) is 8.56. The molecule has 182 valence electrons. The Balaban J connectivity index is 1.59. The summed E-state index contributed by atoms with van der Waals surface area (Å²) in [7, 11) is -1.63. The third-order valence-electron chi connectivity index (χ3n) is 6.63. The van der Waals surface area contributed by atoms with E-state index in [2.05, 4.69) is 9.97 Å². The first kappa shape index (κ1) is 23.2. The van der Waals surface area contributed by atoms with Crippen LogP contribution < -0.4 is 4.90 Å². The molecular formula is C24H26N6O4S. The molecule has 5 rings (SSSR count). The Labute approximate surface area is 203 Å². The molecule has 35 heavy (non-hydrogen) atoms. The number of pyridine rings is 3. The maximum absolute atomic E-state index is 13.4. The molecule has 1 fully saturated rings. The van der Waals surface area contributed by atoms with Crippen LogP contribution in [0.15, 0.2) is 41.7 Å². The molecule has 2 aliphatic rings. The Morgan fingerprint density at radius 1 is 1.06 bits per heavy atom. The average Bonchev–Trinajstić information content (AvgIpc) is 2.84. The highest BCUT2D eigenvalue weighted by Gasteiger charge is 2.37. The molecule has 0 saturated carbocycles. The fourth-order valence-corrected chi connectivity index (χ4v) is 5.33. The highest BCUT2D eigenvalue weighted by atomic mass is 32.2. The normalized spacial score (nSPS) is 17.1. The Morgan fingerprint density at radius 2 is 1.80 bits per heavy atom. The van der Waals surface area contributed by atoms with Gasteiger partial charge in [-0.1, -0.05) is 0 Å². The Kier molecular flexibility index (Phi) is 5.66. The topological polar surface area (TPSA) is 117 Å². The average molecular weight is 495 g/mol. The van der Waals surface area contributed by atoms with Gasteiger partial charge in [-0.15, -0.1) is 0 Å². The van der Waals surface area contributed by atoms with E-state index in [1.165, 1.54) is 12.3 Å². The van der Waals surface area contributed by atoms with Gasteiger partial charge in [-0.2, -0.15) is 0 Å². The number of carbonyl (C=O) groups excluding carboxylic acids is 2. The number of aromatic nitrogens is 3. The fourth-order valence-electron chi connectivity index (χ4n) is 4.77. The highest BCUT2D eigenvalue weighted by Crippen LogP contribution is 2.37. The van der Waals surface area contributed by atoms with Crippen molar-refractivity contribution in [3.8, 4) is 11.3 Å². The lowest BCUT2D eigenvalue weighted by atomic mass is 9.99. The molecule has 0 N–H and O–H groups in total. The van der Waals surface area contributed by atoms with E-state index in [4.69, 9.17) is 4.98 Å². The van der Waals surface area contributed by atoms with Crippen LogP contribution in [-0.2, 0) is 21.2 Å². The zero-order valence-corrected chi connectivity index (χ0v) is 20.6. The SMILES string of the molecule is CC(=O)N1CCC(N2C(=O)N(C)Cc3cnc4ccc(-c5ccc(S(C)(=O)=O)nc5)nc4c32)CC1. The molecule has 0 spiro atoms. The molecule has 0 radical (unpaired) electrons. The van der Waals surface area contributed by atoms with Crippen LogP contribution in [0.5, 0.6) is 0 Å². The number of piperidine rings is 1. The summed E-state index contributed by atoms with van der Waals surface area (Å²) < 4.78 is 23.5. The van der Waals surface area contributed by atoms with Gasteiger partial charge < -0.3 is 9.80 Å². The van der Waals surface area contributed by atoms with E-state index in [9.17, 15) is 18.0 Å². The molecule has 0 aliphatic carbocycles. The lowest BCUT2D eigenvalue weighted by Crippen LogP contribution is -2.54. The number of hydrogen-bond acceptors (Lipinski definition) is 7. The summed E-state index contributed by atoms with van der Waals surface area (Å²) in [5.41, 5.74) is 4.21. The molecule has 0 bridgehead atoms. The fraction of sp³-hybridized carbons (Fsp3) is 0.375. The number of fused-ring (bicyclic) bond motifs is 3. The standard InChI is InChI=1S/C24H26N6O4S/c1-15(31)29-10-8-18(9-11-29)30-23-17(14-28(2)24(30)32)13-25-20-6-5-19(27-22(20)23)16-4-7-21(26-12-16)35(3,33)34/h4-7,12-13,18H,8-11,14H2,1-3H3. The number of hydrogen-bond donors (Lipinski definition) is 0. The van der Waals surface area contributed by atoms with Crippen LogP contribution in [0.2, 0.25) is 0 Å². The van der Waals surface area contributed by atoms with Crippen molar-refractivity contribution in [3.63, 3.8) is 0 Å². The first-order valence-electron chi connectivity index (χ1n) is 11.4. The van der Waals surface area contributed by atoms with E-state index >= 15 is 0 Å². The van der Waals surface area contributed by atoms with Crippen LogP contribution in [0.25, 0.3) is 22.3 Å². The molecular weight excluding hydrogens is 468 g/mol. The number of amides is 3. The molecule has 3 amide bonds. The minimum Gasteiger partial charge on any atom is -0.343 e. The van der Waals surface area contributed by atoms with Crippen molar-refractivity contribution in [2.24, 2.45) is 0 Å². The summed E-state index contributed by atoms with van der Waals surface area (Å²) >= 11 is 0. The predicted octanol–water partition coefficient (Wildman–Crippen LogP) is 2.48. The van der Waals surface area contributed by atoms with Crippen molar-refractivity contribution in [1.29, 1.82) is 0 Å². The summed E-state index contributed by atoms with van der Waals surface area (Å²) in [6.07, 6.45) is 5.76. The lowest BCUT2D eigenvalue weighted by Gasteiger charge is -2.43. The van der Waals surface area contributed by atoms with E-state index < -0.39 is 9.84 Å². The molecule has 3 aromatic heterocycles. The molecule has 1 saturated heterocycles. The minimum absolute atomic E-state index is 0.00204. The summed E-state index contributed by atoms with van der Waals surface area (Å²) in [6, 6.07) is 6.63.